The zero-order valence-electron chi connectivity index (χ0n) is 13.9. The third kappa shape index (κ3) is 4.28. The maximum Gasteiger partial charge on any atom is 0.168 e. The van der Waals surface area contributed by atoms with Gasteiger partial charge in [0.15, 0.2) is 5.16 Å². The first kappa shape index (κ1) is 16.8. The first-order valence-electron chi connectivity index (χ1n) is 8.14. The molecule has 1 aromatic heterocycles. The van der Waals surface area contributed by atoms with E-state index in [0.29, 0.717) is 0 Å². The molecule has 2 aromatic carbocycles. The quantitative estimate of drug-likeness (QED) is 0.656. The predicted octanol–water partition coefficient (Wildman–Crippen LogP) is 4.22. The molecule has 24 heavy (non-hydrogen) atoms. The van der Waals surface area contributed by atoms with Crippen molar-refractivity contribution in [3.63, 3.8) is 0 Å². The minimum Gasteiger partial charge on any atom is -0.390 e. The van der Waals surface area contributed by atoms with E-state index in [1.807, 2.05) is 6.07 Å². The highest BCUT2D eigenvalue weighted by Crippen LogP contribution is 2.24. The summed E-state index contributed by atoms with van der Waals surface area (Å²) in [7, 11) is 0. The van der Waals surface area contributed by atoms with E-state index < -0.39 is 0 Å². The lowest BCUT2D eigenvalue weighted by molar-refractivity contribution is 0.269. The van der Waals surface area contributed by atoms with Crippen molar-refractivity contribution in [3.05, 3.63) is 83.2 Å². The first-order chi connectivity index (χ1) is 11.8. The molecule has 0 amide bonds. The molecule has 0 spiro atoms. The van der Waals surface area contributed by atoms with E-state index in [9.17, 15) is 5.11 Å². The summed E-state index contributed by atoms with van der Waals surface area (Å²) >= 11 is 1.72. The zero-order valence-corrected chi connectivity index (χ0v) is 14.7. The summed E-state index contributed by atoms with van der Waals surface area (Å²) in [6.07, 6.45) is 2.71. The van der Waals surface area contributed by atoms with Gasteiger partial charge in [-0.15, -0.1) is 0 Å². The van der Waals surface area contributed by atoms with Crippen molar-refractivity contribution in [1.82, 2.24) is 9.55 Å². The fourth-order valence-electron chi connectivity index (χ4n) is 2.71. The molecule has 1 N–H and O–H groups in total. The van der Waals surface area contributed by atoms with Crippen molar-refractivity contribution in [2.45, 2.75) is 37.4 Å². The predicted molar refractivity (Wildman–Crippen MR) is 99.0 cm³/mol. The Morgan fingerprint density at radius 2 is 1.83 bits per heavy atom. The number of nitrogens with zero attached hydrogens (tertiary/aromatic N) is 2. The first-order valence-corrected chi connectivity index (χ1v) is 9.12. The number of aromatic nitrogens is 2. The fraction of sp³-hybridized carbons (Fsp3) is 0.250. The molecule has 0 saturated carbocycles. The summed E-state index contributed by atoms with van der Waals surface area (Å²) in [4.78, 5) is 4.50. The van der Waals surface area contributed by atoms with Gasteiger partial charge in [-0.1, -0.05) is 71.9 Å². The van der Waals surface area contributed by atoms with E-state index in [0.717, 1.165) is 29.6 Å². The SMILES string of the molecule is Cc1cccc(CSc2ncc(CO)n2CCc2ccccc2)c1. The Labute approximate surface area is 147 Å². The monoisotopic (exact) mass is 338 g/mol. The van der Waals surface area contributed by atoms with Crippen molar-refractivity contribution in [2.75, 3.05) is 0 Å². The maximum absolute atomic E-state index is 9.58. The molecular formula is C20H22N2OS. The van der Waals surface area contributed by atoms with Crippen molar-refractivity contribution in [3.8, 4) is 0 Å². The summed E-state index contributed by atoms with van der Waals surface area (Å²) < 4.78 is 2.13. The highest BCUT2D eigenvalue weighted by atomic mass is 32.2. The average Bonchev–Trinajstić information content (AvgIpc) is 3.01. The molecule has 0 saturated heterocycles. The van der Waals surface area contributed by atoms with E-state index in [4.69, 9.17) is 0 Å². The summed E-state index contributed by atoms with van der Waals surface area (Å²) in [5.74, 6) is 0.884. The molecule has 0 radical (unpaired) electrons. The van der Waals surface area contributed by atoms with Crippen LogP contribution in [0.3, 0.4) is 0 Å². The minimum absolute atomic E-state index is 0.0206. The van der Waals surface area contributed by atoms with Crippen LogP contribution in [0.15, 0.2) is 66.0 Å². The lowest BCUT2D eigenvalue weighted by Gasteiger charge is -2.11. The van der Waals surface area contributed by atoms with Crippen LogP contribution in [0, 0.1) is 6.92 Å². The Morgan fingerprint density at radius 3 is 2.58 bits per heavy atom. The van der Waals surface area contributed by atoms with Gasteiger partial charge in [0.2, 0.25) is 0 Å². The summed E-state index contributed by atoms with van der Waals surface area (Å²) in [5, 5.41) is 10.5. The summed E-state index contributed by atoms with van der Waals surface area (Å²) in [5.41, 5.74) is 4.74. The highest BCUT2D eigenvalue weighted by molar-refractivity contribution is 7.98. The normalized spacial score (nSPS) is 10.9. The van der Waals surface area contributed by atoms with Gasteiger partial charge in [-0.2, -0.15) is 0 Å². The topological polar surface area (TPSA) is 38.1 Å². The number of hydrogen-bond donors (Lipinski definition) is 1. The van der Waals surface area contributed by atoms with Gasteiger partial charge in [0.25, 0.3) is 0 Å². The fourth-order valence-corrected chi connectivity index (χ4v) is 3.67. The highest BCUT2D eigenvalue weighted by Gasteiger charge is 2.10. The maximum atomic E-state index is 9.58. The van der Waals surface area contributed by atoms with E-state index >= 15 is 0 Å². The van der Waals surface area contributed by atoms with Crippen LogP contribution in [0.25, 0.3) is 0 Å². The average molecular weight is 338 g/mol. The molecule has 0 aliphatic carbocycles. The van der Waals surface area contributed by atoms with Crippen LogP contribution in [0.5, 0.6) is 0 Å². The lowest BCUT2D eigenvalue weighted by atomic mass is 10.1. The van der Waals surface area contributed by atoms with Crippen molar-refractivity contribution >= 4 is 11.8 Å². The zero-order chi connectivity index (χ0) is 16.8. The lowest BCUT2D eigenvalue weighted by Crippen LogP contribution is -2.07. The van der Waals surface area contributed by atoms with Crippen LogP contribution < -0.4 is 0 Å². The molecule has 124 valence electrons. The Kier molecular flexibility index (Phi) is 5.72. The standard InChI is InChI=1S/C20H22N2OS/c1-16-6-5-9-18(12-16)15-24-20-21-13-19(14-23)22(20)11-10-17-7-3-2-4-8-17/h2-9,12-13,23H,10-11,14-15H2,1H3. The molecule has 1 heterocycles. The number of imidazole rings is 1. The van der Waals surface area contributed by atoms with Gasteiger partial charge in [0, 0.05) is 12.3 Å². The van der Waals surface area contributed by atoms with Crippen LogP contribution in [0.2, 0.25) is 0 Å². The molecule has 4 heteroatoms. The van der Waals surface area contributed by atoms with E-state index in [-0.39, 0.29) is 6.61 Å². The molecule has 3 rings (SSSR count). The smallest absolute Gasteiger partial charge is 0.168 e. The van der Waals surface area contributed by atoms with Crippen LogP contribution in [-0.2, 0) is 25.3 Å². The minimum atomic E-state index is 0.0206. The van der Waals surface area contributed by atoms with Gasteiger partial charge in [0.05, 0.1) is 18.5 Å². The Morgan fingerprint density at radius 1 is 1.04 bits per heavy atom. The molecule has 0 bridgehead atoms. The number of aryl methyl sites for hydroxylation is 2. The second kappa shape index (κ2) is 8.18. The molecular weight excluding hydrogens is 316 g/mol. The van der Waals surface area contributed by atoms with Gasteiger partial charge < -0.3 is 9.67 Å². The van der Waals surface area contributed by atoms with E-state index in [1.54, 1.807) is 18.0 Å². The van der Waals surface area contributed by atoms with Gasteiger partial charge in [-0.3, -0.25) is 0 Å². The number of aliphatic hydroxyl groups excluding tert-OH is 1. The summed E-state index contributed by atoms with van der Waals surface area (Å²) in [6, 6.07) is 19.0. The third-order valence-electron chi connectivity index (χ3n) is 3.98. The van der Waals surface area contributed by atoms with Gasteiger partial charge in [-0.05, 0) is 24.5 Å². The van der Waals surface area contributed by atoms with Crippen LogP contribution >= 0.6 is 11.8 Å². The number of aliphatic hydroxyl groups is 1. The molecule has 0 atom stereocenters. The number of benzene rings is 2. The molecule has 0 aliphatic rings. The van der Waals surface area contributed by atoms with Crippen LogP contribution in [0.1, 0.15) is 22.4 Å². The number of thioether (sulfide) groups is 1. The Bertz CT molecular complexity index is 783. The van der Waals surface area contributed by atoms with Gasteiger partial charge in [-0.25, -0.2) is 4.98 Å². The van der Waals surface area contributed by atoms with Crippen LogP contribution in [0.4, 0.5) is 0 Å². The Hall–Kier alpha value is -2.04. The van der Waals surface area contributed by atoms with E-state index in [1.165, 1.54) is 16.7 Å². The van der Waals surface area contributed by atoms with Gasteiger partial charge in [0.1, 0.15) is 0 Å². The number of rotatable bonds is 7. The van der Waals surface area contributed by atoms with Gasteiger partial charge >= 0.3 is 0 Å². The van der Waals surface area contributed by atoms with Crippen molar-refractivity contribution in [1.29, 1.82) is 0 Å². The van der Waals surface area contributed by atoms with E-state index in [2.05, 4.69) is 65.0 Å². The Balaban J connectivity index is 1.70. The molecule has 0 unspecified atom stereocenters. The second-order valence-electron chi connectivity index (χ2n) is 5.86. The summed E-state index contributed by atoms with van der Waals surface area (Å²) in [6.45, 7) is 2.96. The third-order valence-corrected chi connectivity index (χ3v) is 5.04. The van der Waals surface area contributed by atoms with Crippen molar-refractivity contribution < 1.29 is 5.11 Å². The number of hydrogen-bond acceptors (Lipinski definition) is 3. The largest absolute Gasteiger partial charge is 0.390 e. The molecule has 0 fully saturated rings. The van der Waals surface area contributed by atoms with Crippen LogP contribution in [-0.4, -0.2) is 14.7 Å². The molecule has 3 aromatic rings. The molecule has 0 aliphatic heterocycles. The van der Waals surface area contributed by atoms with Crippen molar-refractivity contribution in [2.24, 2.45) is 0 Å². The molecule has 3 nitrogen and oxygen atoms in total. The second-order valence-corrected chi connectivity index (χ2v) is 6.80.